The predicted octanol–water partition coefficient (Wildman–Crippen LogP) is 3.64. The molecule has 17 heteroatoms. The number of rotatable bonds is 22. The van der Waals surface area contributed by atoms with E-state index in [2.05, 4.69) is 16.0 Å². The molecule has 0 saturated heterocycles. The minimum absolute atomic E-state index is 0.0502. The molecule has 0 radical (unpaired) electrons. The highest BCUT2D eigenvalue weighted by Crippen LogP contribution is 2.28. The molecule has 2 amide bonds. The molecule has 296 valence electrons. The topological polar surface area (TPSA) is 223 Å². The van der Waals surface area contributed by atoms with Crippen molar-refractivity contribution < 1.29 is 53.1 Å². The van der Waals surface area contributed by atoms with E-state index in [9.17, 15) is 34.2 Å². The summed E-state index contributed by atoms with van der Waals surface area (Å²) in [6, 6.07) is 11.4. The number of esters is 3. The van der Waals surface area contributed by atoms with E-state index in [1.807, 2.05) is 20.8 Å². The molecule has 2 rings (SSSR count). The quantitative estimate of drug-likeness (QED) is 0.0251. The average molecular weight is 791 g/mol. The minimum atomic E-state index is -1.50. The van der Waals surface area contributed by atoms with E-state index >= 15 is 0 Å². The molecule has 2 aromatic rings. The van der Waals surface area contributed by atoms with Gasteiger partial charge >= 0.3 is 17.9 Å². The van der Waals surface area contributed by atoms with Crippen LogP contribution in [0.4, 0.5) is 0 Å². The van der Waals surface area contributed by atoms with Gasteiger partial charge in [-0.05, 0) is 58.0 Å². The van der Waals surface area contributed by atoms with Gasteiger partial charge in [0.15, 0.2) is 6.10 Å². The molecule has 15 nitrogen and oxygen atoms in total. The fraction of sp³-hybridized carbons (Fsp3) is 0.459. The monoisotopic (exact) mass is 790 g/mol. The number of hydrogen-bond donors (Lipinski definition) is 6. The van der Waals surface area contributed by atoms with Crippen LogP contribution in [0.3, 0.4) is 0 Å². The number of carbonyl (C=O) groups excluding carboxylic acids is 5. The molecule has 0 aliphatic rings. The Kier molecular flexibility index (Phi) is 19.4. The fourth-order valence-corrected chi connectivity index (χ4v) is 6.07. The molecule has 0 aliphatic heterocycles. The summed E-state index contributed by atoms with van der Waals surface area (Å²) in [5, 5.41) is 35.8. The first-order valence-corrected chi connectivity index (χ1v) is 19.5. The van der Waals surface area contributed by atoms with E-state index < -0.39 is 59.7 Å². The van der Waals surface area contributed by atoms with Crippen molar-refractivity contribution in [2.75, 3.05) is 37.7 Å². The van der Waals surface area contributed by atoms with Crippen molar-refractivity contribution in [3.05, 3.63) is 71.8 Å². The molecule has 2 unspecified atom stereocenters. The van der Waals surface area contributed by atoms with E-state index in [0.717, 1.165) is 0 Å². The van der Waals surface area contributed by atoms with E-state index in [1.165, 1.54) is 74.5 Å². The van der Waals surface area contributed by atoms with Gasteiger partial charge in [0, 0.05) is 43.0 Å². The highest BCUT2D eigenvalue weighted by molar-refractivity contribution is 8.76. The summed E-state index contributed by atoms with van der Waals surface area (Å²) in [6.45, 7) is 10.5. The SMILES string of the molecule is CC=CC(=N)C(=O)Oc1ccccc1C(=O)Oc1ccccc1C(=O)OC(C(=O)NCCC(=O)NCCSSCCNC(O)OC(C)(C)C)C(C)(C)CO. The Morgan fingerprint density at radius 3 is 2.00 bits per heavy atom. The first-order valence-electron chi connectivity index (χ1n) is 17.0. The third kappa shape index (κ3) is 16.4. The van der Waals surface area contributed by atoms with Crippen LogP contribution in [0.25, 0.3) is 0 Å². The van der Waals surface area contributed by atoms with Gasteiger partial charge in [0.25, 0.3) is 5.91 Å². The normalized spacial score (nSPS) is 12.7. The van der Waals surface area contributed by atoms with E-state index in [0.29, 0.717) is 24.6 Å². The number of amides is 2. The van der Waals surface area contributed by atoms with Crippen molar-refractivity contribution in [1.82, 2.24) is 16.0 Å². The summed E-state index contributed by atoms with van der Waals surface area (Å²) < 4.78 is 21.7. The zero-order valence-corrected chi connectivity index (χ0v) is 32.9. The Hall–Kier alpha value is -4.26. The number of ether oxygens (including phenoxy) is 4. The minimum Gasteiger partial charge on any atom is -0.448 e. The van der Waals surface area contributed by atoms with Gasteiger partial charge in [-0.1, -0.05) is 65.8 Å². The number of carbonyl (C=O) groups is 5. The number of nitrogens with one attached hydrogen (secondary N) is 4. The molecule has 54 heavy (non-hydrogen) atoms. The van der Waals surface area contributed by atoms with Crippen molar-refractivity contribution in [3.63, 3.8) is 0 Å². The second-order valence-corrected chi connectivity index (χ2v) is 15.9. The van der Waals surface area contributed by atoms with E-state index in [1.54, 1.807) is 28.5 Å². The number of benzene rings is 2. The second-order valence-electron chi connectivity index (χ2n) is 13.2. The average Bonchev–Trinajstić information content (AvgIpc) is 3.11. The lowest BCUT2D eigenvalue weighted by atomic mass is 9.86. The van der Waals surface area contributed by atoms with E-state index in [4.69, 9.17) is 24.4 Å². The summed E-state index contributed by atoms with van der Waals surface area (Å²) >= 11 is 0. The molecule has 2 aromatic carbocycles. The number of para-hydroxylation sites is 2. The third-order valence-electron chi connectivity index (χ3n) is 6.96. The lowest BCUT2D eigenvalue weighted by Gasteiger charge is -2.31. The van der Waals surface area contributed by atoms with Crippen LogP contribution in [0.5, 0.6) is 11.5 Å². The van der Waals surface area contributed by atoms with Crippen LogP contribution in [0, 0.1) is 10.8 Å². The van der Waals surface area contributed by atoms with Crippen molar-refractivity contribution in [2.24, 2.45) is 5.41 Å². The molecule has 0 fully saturated rings. The van der Waals surface area contributed by atoms with Gasteiger partial charge in [0.05, 0.1) is 12.2 Å². The van der Waals surface area contributed by atoms with Crippen LogP contribution in [-0.4, -0.2) is 102 Å². The number of aliphatic hydroxyl groups excluding tert-OH is 2. The zero-order chi connectivity index (χ0) is 40.3. The van der Waals surface area contributed by atoms with Gasteiger partial charge in [-0.25, -0.2) is 14.4 Å². The van der Waals surface area contributed by atoms with Gasteiger partial charge in [-0.3, -0.25) is 20.3 Å². The lowest BCUT2D eigenvalue weighted by molar-refractivity contribution is -0.180. The molecule has 6 N–H and O–H groups in total. The number of hydrogen-bond acceptors (Lipinski definition) is 15. The molecule has 0 spiro atoms. The molecule has 0 heterocycles. The number of allylic oxidation sites excluding steroid dienone is 1. The van der Waals surface area contributed by atoms with Crippen LogP contribution in [-0.2, 0) is 23.9 Å². The molecular weight excluding hydrogens is 741 g/mol. The van der Waals surface area contributed by atoms with Crippen LogP contribution in [0.1, 0.15) is 68.7 Å². The number of aliphatic hydroxyl groups is 2. The zero-order valence-electron chi connectivity index (χ0n) is 31.3. The highest BCUT2D eigenvalue weighted by Gasteiger charge is 2.39. The Labute approximate surface area is 323 Å². The highest BCUT2D eigenvalue weighted by atomic mass is 33.1. The first-order chi connectivity index (χ1) is 25.5. The van der Waals surface area contributed by atoms with Gasteiger partial charge in [0.2, 0.25) is 12.3 Å². The maximum Gasteiger partial charge on any atom is 0.361 e. The van der Waals surface area contributed by atoms with Crippen LogP contribution in [0.2, 0.25) is 0 Å². The molecule has 0 aliphatic carbocycles. The summed E-state index contributed by atoms with van der Waals surface area (Å²) in [5.41, 5.74) is -2.52. The maximum absolute atomic E-state index is 13.4. The summed E-state index contributed by atoms with van der Waals surface area (Å²) in [4.78, 5) is 64.5. The summed E-state index contributed by atoms with van der Waals surface area (Å²) in [7, 11) is 3.13. The van der Waals surface area contributed by atoms with Crippen molar-refractivity contribution in [2.45, 2.75) is 66.1 Å². The predicted molar refractivity (Wildman–Crippen MR) is 206 cm³/mol. The third-order valence-corrected chi connectivity index (χ3v) is 9.37. The fourth-order valence-electron chi connectivity index (χ4n) is 4.25. The Bertz CT molecular complexity index is 1630. The van der Waals surface area contributed by atoms with Crippen molar-refractivity contribution in [1.29, 1.82) is 5.41 Å². The Morgan fingerprint density at radius 1 is 0.833 bits per heavy atom. The lowest BCUT2D eigenvalue weighted by Crippen LogP contribution is -2.48. The van der Waals surface area contributed by atoms with Gasteiger partial charge < -0.3 is 39.8 Å². The Morgan fingerprint density at radius 2 is 1.41 bits per heavy atom. The van der Waals surface area contributed by atoms with Gasteiger partial charge in [-0.15, -0.1) is 0 Å². The van der Waals surface area contributed by atoms with Crippen LogP contribution in [0.15, 0.2) is 60.7 Å². The molecule has 0 bridgehead atoms. The molecule has 2 atom stereocenters. The second kappa shape index (κ2) is 22.8. The van der Waals surface area contributed by atoms with Gasteiger partial charge in [0.1, 0.15) is 28.3 Å². The van der Waals surface area contributed by atoms with Crippen molar-refractivity contribution >= 4 is 57.0 Å². The first kappa shape index (κ1) is 45.9. The molecule has 0 aromatic heterocycles. The Balaban J connectivity index is 1.94. The van der Waals surface area contributed by atoms with E-state index in [-0.39, 0.29) is 41.5 Å². The summed E-state index contributed by atoms with van der Waals surface area (Å²) in [6.07, 6.45) is 0.116. The maximum atomic E-state index is 13.4. The molecular formula is C37H50N4O11S2. The largest absolute Gasteiger partial charge is 0.448 e. The summed E-state index contributed by atoms with van der Waals surface area (Å²) in [5.74, 6) is -3.10. The molecule has 0 saturated carbocycles. The van der Waals surface area contributed by atoms with Crippen molar-refractivity contribution in [3.8, 4) is 11.5 Å². The standard InChI is InChI=1S/C37H50N4O11S2/c1-7-12-26(38)34(47)50-28-16-11-8-13-24(28)32(45)49-27-15-10-9-14-25(27)33(46)51-30(37(5,6)23-42)31(44)40-18-17-29(43)39-19-21-53-54-22-20-41-35(48)52-36(2,3)4/h7-16,30,35,38,41-42,48H,17-23H2,1-6H3,(H,39,43)(H,40,44). The van der Waals surface area contributed by atoms with Gasteiger partial charge in [-0.2, -0.15) is 0 Å². The van der Waals surface area contributed by atoms with Crippen LogP contribution >= 0.6 is 21.6 Å². The smallest absolute Gasteiger partial charge is 0.361 e. The van der Waals surface area contributed by atoms with Crippen LogP contribution < -0.4 is 25.4 Å².